The molecule has 106 valence electrons. The molecule has 0 saturated carbocycles. The Hall–Kier alpha value is -1.66. The van der Waals surface area contributed by atoms with Crippen LogP contribution in [0.1, 0.15) is 17.2 Å². The zero-order valence-electron chi connectivity index (χ0n) is 9.73. The standard InChI is InChI=1S/C13H7ClF5N/c14-6-3-1-2-5(4-6)13(20)7-8(15)10(17)12(19)11(18)9(7)16/h1-4,13H,20H2. The molecule has 0 amide bonds. The molecular formula is C13H7ClF5N. The quantitative estimate of drug-likeness (QED) is 0.505. The van der Waals surface area contributed by atoms with Crippen LogP contribution in [0.3, 0.4) is 0 Å². The third kappa shape index (κ3) is 2.36. The van der Waals surface area contributed by atoms with E-state index in [2.05, 4.69) is 0 Å². The van der Waals surface area contributed by atoms with Crippen molar-refractivity contribution in [1.29, 1.82) is 0 Å². The fourth-order valence-electron chi connectivity index (χ4n) is 1.76. The summed E-state index contributed by atoms with van der Waals surface area (Å²) in [5.74, 6) is -10.2. The summed E-state index contributed by atoms with van der Waals surface area (Å²) in [6.45, 7) is 0. The number of rotatable bonds is 2. The molecule has 0 spiro atoms. The molecule has 2 aromatic carbocycles. The SMILES string of the molecule is NC(c1cccc(Cl)c1)c1c(F)c(F)c(F)c(F)c1F. The lowest BCUT2D eigenvalue weighted by molar-refractivity contribution is 0.367. The molecule has 7 heteroatoms. The summed E-state index contributed by atoms with van der Waals surface area (Å²) in [5.41, 5.74) is 4.61. The van der Waals surface area contributed by atoms with Crippen molar-refractivity contribution >= 4 is 11.6 Å². The van der Waals surface area contributed by atoms with E-state index in [1.165, 1.54) is 24.3 Å². The summed E-state index contributed by atoms with van der Waals surface area (Å²) < 4.78 is 66.4. The zero-order valence-corrected chi connectivity index (χ0v) is 10.5. The summed E-state index contributed by atoms with van der Waals surface area (Å²) in [5, 5.41) is 0.224. The van der Waals surface area contributed by atoms with Crippen LogP contribution in [0.15, 0.2) is 24.3 Å². The van der Waals surface area contributed by atoms with Gasteiger partial charge in [-0.3, -0.25) is 0 Å². The Kier molecular flexibility index (Phi) is 3.96. The molecule has 1 atom stereocenters. The van der Waals surface area contributed by atoms with Gasteiger partial charge in [-0.15, -0.1) is 0 Å². The largest absolute Gasteiger partial charge is 0.320 e. The first-order valence-corrected chi connectivity index (χ1v) is 5.74. The number of hydrogen-bond donors (Lipinski definition) is 1. The van der Waals surface area contributed by atoms with Gasteiger partial charge in [0.15, 0.2) is 23.3 Å². The zero-order chi connectivity index (χ0) is 15.0. The molecule has 2 aromatic rings. The second-order valence-corrected chi connectivity index (χ2v) is 4.45. The van der Waals surface area contributed by atoms with Crippen LogP contribution in [0.5, 0.6) is 0 Å². The number of hydrogen-bond acceptors (Lipinski definition) is 1. The van der Waals surface area contributed by atoms with E-state index in [1.807, 2.05) is 0 Å². The number of benzene rings is 2. The van der Waals surface area contributed by atoms with E-state index in [1.54, 1.807) is 0 Å². The van der Waals surface area contributed by atoms with E-state index in [4.69, 9.17) is 17.3 Å². The third-order valence-electron chi connectivity index (χ3n) is 2.76. The minimum absolute atomic E-state index is 0.126. The fraction of sp³-hybridized carbons (Fsp3) is 0.0769. The highest BCUT2D eigenvalue weighted by Crippen LogP contribution is 2.30. The Morgan fingerprint density at radius 3 is 1.85 bits per heavy atom. The highest BCUT2D eigenvalue weighted by molar-refractivity contribution is 6.30. The van der Waals surface area contributed by atoms with Gasteiger partial charge in [0.1, 0.15) is 0 Å². The van der Waals surface area contributed by atoms with Crippen LogP contribution in [0.25, 0.3) is 0 Å². The Morgan fingerprint density at radius 1 is 0.850 bits per heavy atom. The van der Waals surface area contributed by atoms with E-state index in [9.17, 15) is 22.0 Å². The minimum atomic E-state index is -2.22. The van der Waals surface area contributed by atoms with Crippen LogP contribution in [0, 0.1) is 29.1 Å². The van der Waals surface area contributed by atoms with Gasteiger partial charge >= 0.3 is 0 Å². The van der Waals surface area contributed by atoms with Crippen LogP contribution in [0.4, 0.5) is 22.0 Å². The first-order chi connectivity index (χ1) is 9.34. The van der Waals surface area contributed by atoms with E-state index >= 15 is 0 Å². The predicted octanol–water partition coefficient (Wildman–Crippen LogP) is 4.08. The molecule has 0 aliphatic rings. The smallest absolute Gasteiger partial charge is 0.200 e. The highest BCUT2D eigenvalue weighted by atomic mass is 35.5. The van der Waals surface area contributed by atoms with Gasteiger partial charge in [0.2, 0.25) is 5.82 Å². The Morgan fingerprint density at radius 2 is 1.35 bits per heavy atom. The maximum Gasteiger partial charge on any atom is 0.200 e. The molecule has 0 fully saturated rings. The molecule has 0 aliphatic carbocycles. The predicted molar refractivity (Wildman–Crippen MR) is 63.7 cm³/mol. The Bertz CT molecular complexity index is 645. The number of halogens is 6. The fourth-order valence-corrected chi connectivity index (χ4v) is 1.96. The molecule has 1 nitrogen and oxygen atoms in total. The normalized spacial score (nSPS) is 12.6. The topological polar surface area (TPSA) is 26.0 Å². The van der Waals surface area contributed by atoms with Crippen molar-refractivity contribution in [2.24, 2.45) is 5.73 Å². The molecule has 0 bridgehead atoms. The minimum Gasteiger partial charge on any atom is -0.320 e. The first kappa shape index (κ1) is 14.7. The van der Waals surface area contributed by atoms with Crippen molar-refractivity contribution in [3.63, 3.8) is 0 Å². The van der Waals surface area contributed by atoms with Gasteiger partial charge in [0, 0.05) is 5.02 Å². The summed E-state index contributed by atoms with van der Waals surface area (Å²) in [6, 6.07) is 4.05. The van der Waals surface area contributed by atoms with Gasteiger partial charge in [-0.1, -0.05) is 23.7 Å². The van der Waals surface area contributed by atoms with Crippen molar-refractivity contribution in [3.8, 4) is 0 Å². The maximum atomic E-state index is 13.6. The summed E-state index contributed by atoms with van der Waals surface area (Å²) in [4.78, 5) is 0. The summed E-state index contributed by atoms with van der Waals surface area (Å²) in [6.07, 6.45) is 0. The lowest BCUT2D eigenvalue weighted by atomic mass is 9.98. The molecule has 1 unspecified atom stereocenters. The molecule has 0 aromatic heterocycles. The average Bonchev–Trinajstić information content (AvgIpc) is 2.43. The molecule has 0 aliphatic heterocycles. The van der Waals surface area contributed by atoms with E-state index in [-0.39, 0.29) is 10.6 Å². The molecule has 0 saturated heterocycles. The second-order valence-electron chi connectivity index (χ2n) is 4.02. The van der Waals surface area contributed by atoms with Gasteiger partial charge in [-0.2, -0.15) is 0 Å². The molecule has 2 rings (SSSR count). The van der Waals surface area contributed by atoms with E-state index in [0.717, 1.165) is 0 Å². The highest BCUT2D eigenvalue weighted by Gasteiger charge is 2.29. The van der Waals surface area contributed by atoms with Crippen molar-refractivity contribution in [2.75, 3.05) is 0 Å². The Labute approximate surface area is 115 Å². The molecule has 2 N–H and O–H groups in total. The maximum absolute atomic E-state index is 13.6. The summed E-state index contributed by atoms with van der Waals surface area (Å²) in [7, 11) is 0. The molecular weight excluding hydrogens is 301 g/mol. The van der Waals surface area contributed by atoms with E-state index < -0.39 is 40.7 Å². The van der Waals surface area contributed by atoms with Crippen LogP contribution in [-0.4, -0.2) is 0 Å². The van der Waals surface area contributed by atoms with Crippen molar-refractivity contribution in [2.45, 2.75) is 6.04 Å². The van der Waals surface area contributed by atoms with Crippen LogP contribution in [-0.2, 0) is 0 Å². The van der Waals surface area contributed by atoms with Gasteiger partial charge in [0.05, 0.1) is 11.6 Å². The average molecular weight is 308 g/mol. The molecule has 20 heavy (non-hydrogen) atoms. The first-order valence-electron chi connectivity index (χ1n) is 5.37. The Balaban J connectivity index is 2.64. The number of nitrogens with two attached hydrogens (primary N) is 1. The van der Waals surface area contributed by atoms with Crippen molar-refractivity contribution < 1.29 is 22.0 Å². The van der Waals surface area contributed by atoms with Crippen LogP contribution >= 0.6 is 11.6 Å². The van der Waals surface area contributed by atoms with Gasteiger partial charge in [-0.25, -0.2) is 22.0 Å². The lowest BCUT2D eigenvalue weighted by Crippen LogP contribution is -2.19. The van der Waals surface area contributed by atoms with Crippen molar-refractivity contribution in [1.82, 2.24) is 0 Å². The van der Waals surface area contributed by atoms with Gasteiger partial charge in [-0.05, 0) is 17.7 Å². The molecule has 0 heterocycles. The second kappa shape index (κ2) is 5.38. The molecule has 0 radical (unpaired) electrons. The van der Waals surface area contributed by atoms with E-state index in [0.29, 0.717) is 0 Å². The third-order valence-corrected chi connectivity index (χ3v) is 3.00. The van der Waals surface area contributed by atoms with Crippen LogP contribution in [0.2, 0.25) is 5.02 Å². The summed E-state index contributed by atoms with van der Waals surface area (Å²) >= 11 is 5.69. The monoisotopic (exact) mass is 307 g/mol. The lowest BCUT2D eigenvalue weighted by Gasteiger charge is -2.16. The van der Waals surface area contributed by atoms with Crippen LogP contribution < -0.4 is 5.73 Å². The van der Waals surface area contributed by atoms with Gasteiger partial charge in [0.25, 0.3) is 0 Å². The van der Waals surface area contributed by atoms with Crippen molar-refractivity contribution in [3.05, 3.63) is 69.5 Å². The van der Waals surface area contributed by atoms with Gasteiger partial charge < -0.3 is 5.73 Å².